The van der Waals surface area contributed by atoms with E-state index in [2.05, 4.69) is 5.32 Å². The lowest BCUT2D eigenvalue weighted by atomic mass is 10.1. The van der Waals surface area contributed by atoms with Gasteiger partial charge in [-0.05, 0) is 58.9 Å². The van der Waals surface area contributed by atoms with Crippen LogP contribution >= 0.6 is 0 Å². The number of ether oxygens (including phenoxy) is 2. The van der Waals surface area contributed by atoms with E-state index in [1.807, 2.05) is 0 Å². The summed E-state index contributed by atoms with van der Waals surface area (Å²) < 4.78 is 10.5. The van der Waals surface area contributed by atoms with E-state index >= 15 is 0 Å². The average Bonchev–Trinajstić information content (AvgIpc) is 2.28. The summed E-state index contributed by atoms with van der Waals surface area (Å²) in [6.07, 6.45) is -0.554. The molecule has 0 saturated carbocycles. The Morgan fingerprint density at radius 1 is 1.05 bits per heavy atom. The summed E-state index contributed by atoms with van der Waals surface area (Å²) in [6.45, 7) is 8.25. The van der Waals surface area contributed by atoms with Gasteiger partial charge in [0, 0.05) is 5.69 Å². The van der Waals surface area contributed by atoms with Crippen LogP contribution in [0.25, 0.3) is 0 Å². The Morgan fingerprint density at radius 2 is 1.57 bits per heavy atom. The van der Waals surface area contributed by atoms with Crippen LogP contribution < -0.4 is 10.1 Å². The molecule has 1 aromatic rings. The zero-order valence-corrected chi connectivity index (χ0v) is 12.9. The van der Waals surface area contributed by atoms with Gasteiger partial charge in [-0.1, -0.05) is 0 Å². The highest BCUT2D eigenvalue weighted by molar-refractivity contribution is 5.85. The number of rotatable bonds is 4. The first-order chi connectivity index (χ1) is 9.49. The Bertz CT molecular complexity index is 514. The molecule has 6 heteroatoms. The highest BCUT2D eigenvalue weighted by Gasteiger charge is 2.29. The number of anilines is 1. The molecule has 0 fully saturated rings. The number of hydrogen-bond donors (Lipinski definition) is 2. The summed E-state index contributed by atoms with van der Waals surface area (Å²) in [6, 6.07) is 6.38. The van der Waals surface area contributed by atoms with Crippen LogP contribution in [0.4, 0.5) is 10.5 Å². The third kappa shape index (κ3) is 5.72. The first-order valence-electron chi connectivity index (χ1n) is 6.52. The van der Waals surface area contributed by atoms with Crippen LogP contribution in [-0.4, -0.2) is 28.4 Å². The van der Waals surface area contributed by atoms with Gasteiger partial charge in [0.05, 0.1) is 0 Å². The van der Waals surface area contributed by atoms with E-state index in [0.717, 1.165) is 0 Å². The molecule has 0 atom stereocenters. The van der Waals surface area contributed by atoms with Crippen molar-refractivity contribution in [3.8, 4) is 5.75 Å². The summed E-state index contributed by atoms with van der Waals surface area (Å²) in [4.78, 5) is 22.6. The summed E-state index contributed by atoms with van der Waals surface area (Å²) in [7, 11) is 0. The van der Waals surface area contributed by atoms with Gasteiger partial charge in [0.2, 0.25) is 0 Å². The van der Waals surface area contributed by atoms with Crippen molar-refractivity contribution in [3.05, 3.63) is 24.3 Å². The number of amides is 1. The van der Waals surface area contributed by atoms with Crippen molar-refractivity contribution in [2.75, 3.05) is 5.32 Å². The van der Waals surface area contributed by atoms with Crippen LogP contribution in [0.15, 0.2) is 24.3 Å². The van der Waals surface area contributed by atoms with Crippen molar-refractivity contribution in [3.63, 3.8) is 0 Å². The van der Waals surface area contributed by atoms with E-state index in [1.54, 1.807) is 45.0 Å². The van der Waals surface area contributed by atoms with E-state index in [4.69, 9.17) is 14.6 Å². The van der Waals surface area contributed by atoms with E-state index < -0.39 is 23.3 Å². The monoisotopic (exact) mass is 295 g/mol. The largest absolute Gasteiger partial charge is 0.478 e. The zero-order chi connectivity index (χ0) is 16.3. The van der Waals surface area contributed by atoms with Crippen LogP contribution in [0, 0.1) is 0 Å². The molecule has 0 radical (unpaired) electrons. The molecule has 0 spiro atoms. The fourth-order valence-electron chi connectivity index (χ4n) is 1.37. The molecule has 1 amide bonds. The van der Waals surface area contributed by atoms with Crippen molar-refractivity contribution in [1.29, 1.82) is 0 Å². The maximum Gasteiger partial charge on any atom is 0.412 e. The average molecular weight is 295 g/mol. The van der Waals surface area contributed by atoms with E-state index in [9.17, 15) is 9.59 Å². The van der Waals surface area contributed by atoms with Crippen molar-refractivity contribution in [1.82, 2.24) is 0 Å². The van der Waals surface area contributed by atoms with Gasteiger partial charge in [0.15, 0.2) is 5.60 Å². The molecule has 0 aliphatic heterocycles. The van der Waals surface area contributed by atoms with Gasteiger partial charge < -0.3 is 14.6 Å². The number of carbonyl (C=O) groups is 2. The predicted molar refractivity (Wildman–Crippen MR) is 78.6 cm³/mol. The Balaban J connectivity index is 2.67. The van der Waals surface area contributed by atoms with Crippen LogP contribution in [0.1, 0.15) is 34.6 Å². The predicted octanol–water partition coefficient (Wildman–Crippen LogP) is 3.28. The second-order valence-corrected chi connectivity index (χ2v) is 6.07. The minimum Gasteiger partial charge on any atom is -0.478 e. The molecule has 1 rings (SSSR count). The van der Waals surface area contributed by atoms with Gasteiger partial charge in [-0.25, -0.2) is 9.59 Å². The van der Waals surface area contributed by atoms with Crippen molar-refractivity contribution in [2.24, 2.45) is 0 Å². The Labute approximate surface area is 124 Å². The molecule has 6 nitrogen and oxygen atoms in total. The number of carbonyl (C=O) groups excluding carboxylic acids is 1. The molecular formula is C15H21NO5. The first kappa shape index (κ1) is 16.8. The first-order valence-corrected chi connectivity index (χ1v) is 6.52. The molecule has 1 aromatic carbocycles. The summed E-state index contributed by atoms with van der Waals surface area (Å²) >= 11 is 0. The third-order valence-corrected chi connectivity index (χ3v) is 2.39. The zero-order valence-electron chi connectivity index (χ0n) is 12.9. The van der Waals surface area contributed by atoms with Gasteiger partial charge in [-0.3, -0.25) is 5.32 Å². The molecule has 0 unspecified atom stereocenters. The van der Waals surface area contributed by atoms with Gasteiger partial charge >= 0.3 is 12.1 Å². The van der Waals surface area contributed by atoms with Gasteiger partial charge in [0.1, 0.15) is 11.4 Å². The minimum absolute atomic E-state index is 0.400. The number of nitrogens with one attached hydrogen (secondary N) is 1. The molecule has 0 aliphatic carbocycles. The lowest BCUT2D eigenvalue weighted by Gasteiger charge is -2.22. The SMILES string of the molecule is CC(C)(C)OC(=O)Nc1ccc(OC(C)(C)C(=O)O)cc1. The normalized spacial score (nSPS) is 11.7. The third-order valence-electron chi connectivity index (χ3n) is 2.39. The van der Waals surface area contributed by atoms with Gasteiger partial charge in [0.25, 0.3) is 0 Å². The standard InChI is InChI=1S/C15H21NO5/c1-14(2,3)21-13(19)16-10-6-8-11(9-7-10)20-15(4,5)12(17)18/h6-9H,1-5H3,(H,16,19)(H,17,18). The molecule has 0 saturated heterocycles. The number of aliphatic carboxylic acids is 1. The fraction of sp³-hybridized carbons (Fsp3) is 0.467. The van der Waals surface area contributed by atoms with Crippen molar-refractivity contribution in [2.45, 2.75) is 45.8 Å². The molecule has 21 heavy (non-hydrogen) atoms. The van der Waals surface area contributed by atoms with Gasteiger partial charge in [-0.15, -0.1) is 0 Å². The maximum absolute atomic E-state index is 11.6. The lowest BCUT2D eigenvalue weighted by Crippen LogP contribution is -2.37. The number of carboxylic acid groups (broad SMARTS) is 1. The Hall–Kier alpha value is -2.24. The lowest BCUT2D eigenvalue weighted by molar-refractivity contribution is -0.152. The fourth-order valence-corrected chi connectivity index (χ4v) is 1.37. The molecule has 116 valence electrons. The molecule has 0 heterocycles. The Morgan fingerprint density at radius 3 is 2.00 bits per heavy atom. The van der Waals surface area contributed by atoms with E-state index in [-0.39, 0.29) is 0 Å². The molecular weight excluding hydrogens is 274 g/mol. The molecule has 2 N–H and O–H groups in total. The van der Waals surface area contributed by atoms with Crippen LogP contribution in [-0.2, 0) is 9.53 Å². The Kier molecular flexibility index (Phi) is 4.83. The number of hydrogen-bond acceptors (Lipinski definition) is 4. The van der Waals surface area contributed by atoms with Crippen molar-refractivity contribution >= 4 is 17.7 Å². The number of carboxylic acids is 1. The second-order valence-electron chi connectivity index (χ2n) is 6.07. The summed E-state index contributed by atoms with van der Waals surface area (Å²) in [5.74, 6) is -0.657. The molecule has 0 aliphatic rings. The van der Waals surface area contributed by atoms with Gasteiger partial charge in [-0.2, -0.15) is 0 Å². The molecule has 0 aromatic heterocycles. The number of benzene rings is 1. The van der Waals surface area contributed by atoms with Crippen LogP contribution in [0.5, 0.6) is 5.75 Å². The highest BCUT2D eigenvalue weighted by atomic mass is 16.6. The maximum atomic E-state index is 11.6. The smallest absolute Gasteiger partial charge is 0.412 e. The quantitative estimate of drug-likeness (QED) is 0.890. The van der Waals surface area contributed by atoms with Crippen LogP contribution in [0.2, 0.25) is 0 Å². The second kappa shape index (κ2) is 6.03. The minimum atomic E-state index is -1.32. The molecule has 0 bridgehead atoms. The van der Waals surface area contributed by atoms with E-state index in [0.29, 0.717) is 11.4 Å². The van der Waals surface area contributed by atoms with E-state index in [1.165, 1.54) is 13.8 Å². The summed E-state index contributed by atoms with van der Waals surface area (Å²) in [5, 5.41) is 11.6. The van der Waals surface area contributed by atoms with Crippen LogP contribution in [0.3, 0.4) is 0 Å². The topological polar surface area (TPSA) is 84.9 Å². The van der Waals surface area contributed by atoms with Crippen molar-refractivity contribution < 1.29 is 24.2 Å². The highest BCUT2D eigenvalue weighted by Crippen LogP contribution is 2.21. The summed E-state index contributed by atoms with van der Waals surface area (Å²) in [5.41, 5.74) is -1.36.